The fourth-order valence-corrected chi connectivity index (χ4v) is 3.83. The van der Waals surface area contributed by atoms with Crippen molar-refractivity contribution in [1.82, 2.24) is 15.0 Å². The highest BCUT2D eigenvalue weighted by atomic mass is 16.3. The Bertz CT molecular complexity index is 475. The van der Waals surface area contributed by atoms with Crippen molar-refractivity contribution in [3.8, 4) is 0 Å². The van der Waals surface area contributed by atoms with Crippen LogP contribution in [0.3, 0.4) is 0 Å². The maximum absolute atomic E-state index is 12.6. The molecule has 0 saturated heterocycles. The summed E-state index contributed by atoms with van der Waals surface area (Å²) in [6, 6.07) is -0.207. The van der Waals surface area contributed by atoms with Crippen molar-refractivity contribution in [1.29, 1.82) is 0 Å². The zero-order valence-electron chi connectivity index (χ0n) is 14.7. The monoisotopic (exact) mass is 321 g/mol. The van der Waals surface area contributed by atoms with Gasteiger partial charge < -0.3 is 5.11 Å². The first-order chi connectivity index (χ1) is 11.0. The molecule has 5 heteroatoms. The summed E-state index contributed by atoms with van der Waals surface area (Å²) < 4.78 is 1.66. The smallest absolute Gasteiger partial charge is 0.160 e. The Morgan fingerprint density at radius 3 is 2.70 bits per heavy atom. The molecule has 0 unspecified atom stereocenters. The number of nitrogens with zero attached hydrogens (tertiary/aromatic N) is 3. The molecule has 0 radical (unpaired) electrons. The second-order valence-electron chi connectivity index (χ2n) is 7.40. The van der Waals surface area contributed by atoms with Crippen LogP contribution in [-0.2, 0) is 4.79 Å². The lowest BCUT2D eigenvalue weighted by molar-refractivity contribution is -0.125. The highest BCUT2D eigenvalue weighted by Gasteiger charge is 2.35. The number of rotatable bonds is 9. The van der Waals surface area contributed by atoms with Gasteiger partial charge in [-0.3, -0.25) is 4.79 Å². The van der Waals surface area contributed by atoms with Gasteiger partial charge in [-0.25, -0.2) is 4.68 Å². The van der Waals surface area contributed by atoms with Crippen LogP contribution < -0.4 is 0 Å². The van der Waals surface area contributed by atoms with Gasteiger partial charge in [0, 0.05) is 18.7 Å². The van der Waals surface area contributed by atoms with Gasteiger partial charge >= 0.3 is 0 Å². The first-order valence-corrected chi connectivity index (χ1v) is 9.03. The van der Waals surface area contributed by atoms with E-state index in [-0.39, 0.29) is 18.6 Å². The number of carbonyl (C=O) groups is 1. The summed E-state index contributed by atoms with van der Waals surface area (Å²) >= 11 is 0. The normalized spacial score (nSPS) is 25.2. The van der Waals surface area contributed by atoms with Crippen molar-refractivity contribution in [2.45, 2.75) is 65.3 Å². The Labute approximate surface area is 139 Å². The number of aliphatic hydroxyl groups excluding tert-OH is 1. The molecule has 1 fully saturated rings. The minimum atomic E-state index is -0.207. The first-order valence-electron chi connectivity index (χ1n) is 9.03. The first kappa shape index (κ1) is 18.1. The third-order valence-corrected chi connectivity index (χ3v) is 5.67. The van der Waals surface area contributed by atoms with Crippen molar-refractivity contribution in [3.63, 3.8) is 0 Å². The molecule has 0 aliphatic heterocycles. The minimum Gasteiger partial charge on any atom is -0.396 e. The van der Waals surface area contributed by atoms with Crippen molar-refractivity contribution in [2.75, 3.05) is 6.61 Å². The van der Waals surface area contributed by atoms with Crippen molar-refractivity contribution in [3.05, 3.63) is 12.4 Å². The summed E-state index contributed by atoms with van der Waals surface area (Å²) in [6.07, 6.45) is 9.85. The number of hydrogen-bond acceptors (Lipinski definition) is 4. The van der Waals surface area contributed by atoms with Crippen LogP contribution in [0.1, 0.15) is 65.3 Å². The average molecular weight is 321 g/mol. The molecule has 0 amide bonds. The number of aliphatic hydroxyl groups is 1. The van der Waals surface area contributed by atoms with Gasteiger partial charge in [0.05, 0.1) is 6.20 Å². The van der Waals surface area contributed by atoms with E-state index in [2.05, 4.69) is 24.2 Å². The molecule has 2 rings (SSSR count). The molecule has 0 aromatic carbocycles. The predicted octanol–water partition coefficient (Wildman–Crippen LogP) is 3.26. The topological polar surface area (TPSA) is 68.0 Å². The summed E-state index contributed by atoms with van der Waals surface area (Å²) in [6.45, 7) is 6.74. The number of aromatic nitrogens is 3. The van der Waals surface area contributed by atoms with Crippen molar-refractivity contribution >= 4 is 5.78 Å². The van der Waals surface area contributed by atoms with Gasteiger partial charge in [0.25, 0.3) is 0 Å². The van der Waals surface area contributed by atoms with Crippen LogP contribution in [0, 0.1) is 23.7 Å². The maximum atomic E-state index is 12.6. The predicted molar refractivity (Wildman–Crippen MR) is 89.8 cm³/mol. The molecule has 1 N–H and O–H groups in total. The summed E-state index contributed by atoms with van der Waals surface area (Å²) in [5.41, 5.74) is 0. The van der Waals surface area contributed by atoms with Crippen LogP contribution >= 0.6 is 0 Å². The third-order valence-electron chi connectivity index (χ3n) is 5.67. The van der Waals surface area contributed by atoms with Crippen molar-refractivity contribution in [2.24, 2.45) is 23.7 Å². The van der Waals surface area contributed by atoms with E-state index in [1.165, 1.54) is 12.8 Å². The highest BCUT2D eigenvalue weighted by molar-refractivity contribution is 5.84. The molecule has 1 heterocycles. The van der Waals surface area contributed by atoms with Crippen LogP contribution in [0.15, 0.2) is 12.4 Å². The molecule has 1 aliphatic carbocycles. The highest BCUT2D eigenvalue weighted by Crippen LogP contribution is 2.39. The number of carbonyl (C=O) groups excluding carboxylic acids is 1. The largest absolute Gasteiger partial charge is 0.396 e. The molecule has 0 spiro atoms. The van der Waals surface area contributed by atoms with E-state index >= 15 is 0 Å². The van der Waals surface area contributed by atoms with Gasteiger partial charge in [-0.2, -0.15) is 0 Å². The molecule has 23 heavy (non-hydrogen) atoms. The summed E-state index contributed by atoms with van der Waals surface area (Å²) in [4.78, 5) is 12.6. The van der Waals surface area contributed by atoms with E-state index in [0.29, 0.717) is 23.5 Å². The average Bonchev–Trinajstić information content (AvgIpc) is 3.22. The van der Waals surface area contributed by atoms with Gasteiger partial charge in [-0.1, -0.05) is 31.9 Å². The van der Waals surface area contributed by atoms with Crippen LogP contribution in [0.25, 0.3) is 0 Å². The van der Waals surface area contributed by atoms with E-state index in [9.17, 15) is 4.79 Å². The van der Waals surface area contributed by atoms with Crippen LogP contribution in [0.5, 0.6) is 0 Å². The molecule has 5 nitrogen and oxygen atoms in total. The Morgan fingerprint density at radius 1 is 1.26 bits per heavy atom. The Hall–Kier alpha value is -1.23. The van der Waals surface area contributed by atoms with Gasteiger partial charge in [-0.05, 0) is 50.4 Å². The third kappa shape index (κ3) is 4.87. The van der Waals surface area contributed by atoms with Gasteiger partial charge in [0.1, 0.15) is 6.04 Å². The molecule has 0 bridgehead atoms. The van der Waals surface area contributed by atoms with Crippen LogP contribution in [0.2, 0.25) is 0 Å². The fourth-order valence-electron chi connectivity index (χ4n) is 3.83. The molecule has 1 aliphatic rings. The fraction of sp³-hybridized carbons (Fsp3) is 0.833. The van der Waals surface area contributed by atoms with Gasteiger partial charge in [-0.15, -0.1) is 5.10 Å². The second kappa shape index (κ2) is 8.57. The van der Waals surface area contributed by atoms with Crippen molar-refractivity contribution < 1.29 is 9.90 Å². The molecule has 1 saturated carbocycles. The molecule has 1 aromatic heterocycles. The Kier molecular flexibility index (Phi) is 6.75. The molecular weight excluding hydrogens is 290 g/mol. The Balaban J connectivity index is 1.79. The second-order valence-corrected chi connectivity index (χ2v) is 7.40. The lowest BCUT2D eigenvalue weighted by Crippen LogP contribution is -2.24. The zero-order chi connectivity index (χ0) is 16.8. The zero-order valence-corrected chi connectivity index (χ0v) is 14.7. The van der Waals surface area contributed by atoms with Crippen LogP contribution in [-0.4, -0.2) is 32.5 Å². The number of hydrogen-bond donors (Lipinski definition) is 1. The van der Waals surface area contributed by atoms with Gasteiger partial charge in [0.15, 0.2) is 5.78 Å². The Morgan fingerprint density at radius 2 is 2.04 bits per heavy atom. The number of ketones is 1. The van der Waals surface area contributed by atoms with E-state index in [1.807, 2.05) is 6.92 Å². The summed E-state index contributed by atoms with van der Waals surface area (Å²) in [5, 5.41) is 16.7. The van der Waals surface area contributed by atoms with E-state index in [0.717, 1.165) is 25.7 Å². The SMILES string of the molecule is C[C@H](CCO)CC[C@H](C)[C@@H]1CC[C@H](C(=O)[C@H](C)n2ccnn2)C1. The molecule has 1 aromatic rings. The summed E-state index contributed by atoms with van der Waals surface area (Å²) in [7, 11) is 0. The lowest BCUT2D eigenvalue weighted by atomic mass is 9.85. The summed E-state index contributed by atoms with van der Waals surface area (Å²) in [5.74, 6) is 2.40. The maximum Gasteiger partial charge on any atom is 0.160 e. The molecule has 5 atom stereocenters. The molecule has 130 valence electrons. The van der Waals surface area contributed by atoms with E-state index < -0.39 is 0 Å². The van der Waals surface area contributed by atoms with E-state index in [1.54, 1.807) is 17.1 Å². The van der Waals surface area contributed by atoms with Gasteiger partial charge in [0.2, 0.25) is 0 Å². The van der Waals surface area contributed by atoms with Crippen LogP contribution in [0.4, 0.5) is 0 Å². The quantitative estimate of drug-likeness (QED) is 0.758. The standard InChI is InChI=1S/C18H31N3O2/c1-13(8-11-22)4-5-14(2)16-6-7-17(12-16)18(23)15(3)21-10-9-19-20-21/h9-10,13-17,22H,4-8,11-12H2,1-3H3/t13-,14-,15-,16+,17-/m0/s1. The number of Topliss-reactive ketones (excluding diaryl/α,β-unsaturated/α-hetero) is 1. The minimum absolute atomic E-state index is 0.177. The lowest BCUT2D eigenvalue weighted by Gasteiger charge is -2.21. The van der Waals surface area contributed by atoms with E-state index in [4.69, 9.17) is 5.11 Å². The molecular formula is C18H31N3O2.